The number of carbonyl (C=O) groups is 4. The molecule has 1 saturated heterocycles. The summed E-state index contributed by atoms with van der Waals surface area (Å²) in [6.45, 7) is -0.335. The normalized spacial score (nSPS) is 17.9. The van der Waals surface area contributed by atoms with Gasteiger partial charge in [-0.05, 0) is 18.4 Å². The van der Waals surface area contributed by atoms with Crippen LogP contribution in [0.2, 0.25) is 0 Å². The molecule has 7 N–H and O–H groups in total. The SMILES string of the molecule is NC(CO)C(=O)NC(Cc1ccccc1)C(=O)NC(Cc1cnc[nH]1)C(=O)N1CCCC1C(=O)O. The highest BCUT2D eigenvalue weighted by Crippen LogP contribution is 2.19. The fraction of sp³-hybridized carbons (Fsp3) is 0.435. The average molecular weight is 487 g/mol. The van der Waals surface area contributed by atoms with Crippen molar-refractivity contribution in [2.24, 2.45) is 5.73 Å². The van der Waals surface area contributed by atoms with Crippen molar-refractivity contribution in [2.75, 3.05) is 13.2 Å². The van der Waals surface area contributed by atoms with Crippen molar-refractivity contribution in [2.45, 2.75) is 49.9 Å². The maximum Gasteiger partial charge on any atom is 0.326 e. The van der Waals surface area contributed by atoms with Gasteiger partial charge in [-0.15, -0.1) is 0 Å². The fourth-order valence-electron chi connectivity index (χ4n) is 4.00. The van der Waals surface area contributed by atoms with E-state index in [0.717, 1.165) is 5.56 Å². The lowest BCUT2D eigenvalue weighted by molar-refractivity contribution is -0.149. The first kappa shape index (κ1) is 25.8. The minimum atomic E-state index is -1.22. The van der Waals surface area contributed by atoms with E-state index in [-0.39, 0.29) is 19.4 Å². The molecule has 0 bridgehead atoms. The number of amides is 3. The lowest BCUT2D eigenvalue weighted by atomic mass is 10.0. The van der Waals surface area contributed by atoms with Gasteiger partial charge in [-0.3, -0.25) is 14.4 Å². The number of aromatic amines is 1. The van der Waals surface area contributed by atoms with Crippen LogP contribution in [0.1, 0.15) is 24.1 Å². The standard InChI is InChI=1S/C23H30N6O6/c24-16(12-30)20(31)27-17(9-14-5-2-1-3-6-14)21(32)28-18(10-15-11-25-13-26-15)22(33)29-8-4-7-19(29)23(34)35/h1-3,5-6,11,13,16-19,30H,4,7-10,12,24H2,(H,25,26)(H,27,31)(H,28,32)(H,34,35). The predicted molar refractivity (Wildman–Crippen MR) is 124 cm³/mol. The third-order valence-corrected chi connectivity index (χ3v) is 5.86. The molecule has 0 spiro atoms. The van der Waals surface area contributed by atoms with Crippen molar-refractivity contribution in [1.29, 1.82) is 0 Å². The number of benzene rings is 1. The maximum absolute atomic E-state index is 13.4. The quantitative estimate of drug-likeness (QED) is 0.222. The number of aliphatic carboxylic acids is 1. The molecule has 1 aromatic carbocycles. The Labute approximate surface area is 201 Å². The summed E-state index contributed by atoms with van der Waals surface area (Å²) in [6.07, 6.45) is 3.98. The van der Waals surface area contributed by atoms with Crippen LogP contribution in [-0.4, -0.2) is 86.1 Å². The number of aromatic nitrogens is 2. The lowest BCUT2D eigenvalue weighted by Crippen LogP contribution is -2.58. The Balaban J connectivity index is 1.82. The van der Waals surface area contributed by atoms with Gasteiger partial charge in [0, 0.05) is 31.3 Å². The maximum atomic E-state index is 13.4. The molecule has 12 heteroatoms. The summed E-state index contributed by atoms with van der Waals surface area (Å²) in [6, 6.07) is 4.59. The van der Waals surface area contributed by atoms with Gasteiger partial charge < -0.3 is 36.5 Å². The Kier molecular flexibility index (Phi) is 8.92. The number of carboxylic acid groups (broad SMARTS) is 1. The van der Waals surface area contributed by atoms with E-state index in [2.05, 4.69) is 20.6 Å². The van der Waals surface area contributed by atoms with E-state index in [1.165, 1.54) is 17.4 Å². The first-order chi connectivity index (χ1) is 16.8. The molecule has 1 aromatic heterocycles. The van der Waals surface area contributed by atoms with Crippen LogP contribution in [0.4, 0.5) is 0 Å². The molecule has 1 fully saturated rings. The predicted octanol–water partition coefficient (Wildman–Crippen LogP) is -1.44. The number of H-pyrrole nitrogens is 1. The van der Waals surface area contributed by atoms with Crippen LogP contribution in [0.5, 0.6) is 0 Å². The van der Waals surface area contributed by atoms with Crippen molar-refractivity contribution < 1.29 is 29.4 Å². The van der Waals surface area contributed by atoms with Crippen LogP contribution in [0.15, 0.2) is 42.9 Å². The molecule has 2 heterocycles. The molecule has 4 unspecified atom stereocenters. The van der Waals surface area contributed by atoms with Crippen molar-refractivity contribution in [3.8, 4) is 0 Å². The monoisotopic (exact) mass is 486 g/mol. The summed E-state index contributed by atoms with van der Waals surface area (Å²) in [7, 11) is 0. The van der Waals surface area contributed by atoms with Gasteiger partial charge in [0.05, 0.1) is 12.9 Å². The second kappa shape index (κ2) is 12.1. The third kappa shape index (κ3) is 6.87. The number of carbonyl (C=O) groups excluding carboxylic acids is 3. The number of nitrogens with two attached hydrogens (primary N) is 1. The molecule has 1 aliphatic heterocycles. The Hall–Kier alpha value is -3.77. The molecule has 35 heavy (non-hydrogen) atoms. The second-order valence-corrected chi connectivity index (χ2v) is 8.41. The number of hydrogen-bond donors (Lipinski definition) is 6. The van der Waals surface area contributed by atoms with E-state index in [0.29, 0.717) is 18.5 Å². The molecule has 2 aromatic rings. The summed E-state index contributed by atoms with van der Waals surface area (Å²) < 4.78 is 0. The number of likely N-dealkylation sites (tertiary alicyclic amines) is 1. The molecular weight excluding hydrogens is 456 g/mol. The summed E-state index contributed by atoms with van der Waals surface area (Å²) in [5, 5.41) is 23.9. The first-order valence-corrected chi connectivity index (χ1v) is 11.3. The number of aliphatic hydroxyl groups excluding tert-OH is 1. The summed E-state index contributed by atoms with van der Waals surface area (Å²) in [5.74, 6) is -2.99. The van der Waals surface area contributed by atoms with E-state index in [4.69, 9.17) is 5.73 Å². The van der Waals surface area contributed by atoms with E-state index >= 15 is 0 Å². The van der Waals surface area contributed by atoms with Gasteiger partial charge in [0.25, 0.3) is 0 Å². The molecular formula is C23H30N6O6. The highest BCUT2D eigenvalue weighted by atomic mass is 16.4. The van der Waals surface area contributed by atoms with Crippen LogP contribution >= 0.6 is 0 Å². The van der Waals surface area contributed by atoms with Gasteiger partial charge in [-0.25, -0.2) is 9.78 Å². The Morgan fingerprint density at radius 2 is 1.83 bits per heavy atom. The van der Waals surface area contributed by atoms with Gasteiger partial charge in [-0.1, -0.05) is 30.3 Å². The Morgan fingerprint density at radius 1 is 1.11 bits per heavy atom. The van der Waals surface area contributed by atoms with Crippen LogP contribution in [0.3, 0.4) is 0 Å². The van der Waals surface area contributed by atoms with Gasteiger partial charge >= 0.3 is 5.97 Å². The zero-order valence-electron chi connectivity index (χ0n) is 19.1. The molecule has 3 amide bonds. The van der Waals surface area contributed by atoms with Crippen molar-refractivity contribution in [1.82, 2.24) is 25.5 Å². The van der Waals surface area contributed by atoms with E-state index in [9.17, 15) is 29.4 Å². The van der Waals surface area contributed by atoms with E-state index in [1.54, 1.807) is 24.3 Å². The van der Waals surface area contributed by atoms with Crippen LogP contribution in [0.25, 0.3) is 0 Å². The second-order valence-electron chi connectivity index (χ2n) is 8.41. The molecule has 1 aliphatic rings. The number of nitrogens with one attached hydrogen (secondary N) is 3. The highest BCUT2D eigenvalue weighted by Gasteiger charge is 2.38. The van der Waals surface area contributed by atoms with Gasteiger partial charge in [0.1, 0.15) is 24.2 Å². The fourth-order valence-corrected chi connectivity index (χ4v) is 4.00. The highest BCUT2D eigenvalue weighted by molar-refractivity contribution is 5.94. The number of aliphatic hydroxyl groups is 1. The van der Waals surface area contributed by atoms with E-state index in [1.807, 2.05) is 6.07 Å². The number of imidazole rings is 1. The molecule has 3 rings (SSSR count). The minimum absolute atomic E-state index is 0.0512. The third-order valence-electron chi connectivity index (χ3n) is 5.86. The zero-order chi connectivity index (χ0) is 25.4. The van der Waals surface area contributed by atoms with Gasteiger partial charge in [0.2, 0.25) is 17.7 Å². The Morgan fingerprint density at radius 3 is 2.46 bits per heavy atom. The number of rotatable bonds is 11. The van der Waals surface area contributed by atoms with E-state index < -0.39 is 54.5 Å². The molecule has 4 atom stereocenters. The van der Waals surface area contributed by atoms with Gasteiger partial charge in [0.15, 0.2) is 0 Å². The van der Waals surface area contributed by atoms with Crippen molar-refractivity contribution in [3.05, 3.63) is 54.1 Å². The van der Waals surface area contributed by atoms with Crippen LogP contribution in [-0.2, 0) is 32.0 Å². The Bertz CT molecular complexity index is 1010. The minimum Gasteiger partial charge on any atom is -0.480 e. The molecule has 0 radical (unpaired) electrons. The molecule has 188 valence electrons. The molecule has 12 nitrogen and oxygen atoms in total. The number of hydrogen-bond acceptors (Lipinski definition) is 7. The van der Waals surface area contributed by atoms with Crippen LogP contribution < -0.4 is 16.4 Å². The number of nitrogens with zero attached hydrogens (tertiary/aromatic N) is 2. The zero-order valence-corrected chi connectivity index (χ0v) is 19.1. The summed E-state index contributed by atoms with van der Waals surface area (Å²) >= 11 is 0. The summed E-state index contributed by atoms with van der Waals surface area (Å²) in [4.78, 5) is 58.7. The lowest BCUT2D eigenvalue weighted by Gasteiger charge is -2.29. The van der Waals surface area contributed by atoms with Crippen molar-refractivity contribution in [3.63, 3.8) is 0 Å². The largest absolute Gasteiger partial charge is 0.480 e. The average Bonchev–Trinajstić information content (AvgIpc) is 3.55. The van der Waals surface area contributed by atoms with Crippen molar-refractivity contribution >= 4 is 23.7 Å². The van der Waals surface area contributed by atoms with Gasteiger partial charge in [-0.2, -0.15) is 0 Å². The number of carboxylic acids is 1. The first-order valence-electron chi connectivity index (χ1n) is 11.3. The van der Waals surface area contributed by atoms with Crippen LogP contribution in [0, 0.1) is 0 Å². The topological polar surface area (TPSA) is 191 Å². The summed E-state index contributed by atoms with van der Waals surface area (Å²) in [5.41, 5.74) is 6.93. The molecule has 0 saturated carbocycles. The molecule has 0 aliphatic carbocycles. The smallest absolute Gasteiger partial charge is 0.326 e.